The first-order valence-electron chi connectivity index (χ1n) is 9.75. The summed E-state index contributed by atoms with van der Waals surface area (Å²) in [5.74, 6) is -3.07. The number of nitrogens with one attached hydrogen (secondary N) is 3. The van der Waals surface area contributed by atoms with E-state index in [-0.39, 0.29) is 18.7 Å². The van der Waals surface area contributed by atoms with Crippen LogP contribution in [0.4, 0.5) is 5.69 Å². The molecule has 9 heteroatoms. The molecule has 0 aromatic heterocycles. The first-order chi connectivity index (χ1) is 13.9. The van der Waals surface area contributed by atoms with E-state index in [4.69, 9.17) is 4.74 Å². The van der Waals surface area contributed by atoms with Gasteiger partial charge in [-0.25, -0.2) is 0 Å². The maximum absolute atomic E-state index is 12.2. The first-order valence-corrected chi connectivity index (χ1v) is 9.75. The number of aliphatic carboxylic acids is 1. The van der Waals surface area contributed by atoms with E-state index in [1.807, 2.05) is 6.92 Å². The Morgan fingerprint density at radius 3 is 2.21 bits per heavy atom. The van der Waals surface area contributed by atoms with Crippen LogP contribution in [-0.4, -0.2) is 35.4 Å². The van der Waals surface area contributed by atoms with Crippen molar-refractivity contribution in [1.29, 1.82) is 0 Å². The van der Waals surface area contributed by atoms with Gasteiger partial charge < -0.3 is 15.2 Å². The topological polar surface area (TPSA) is 134 Å². The van der Waals surface area contributed by atoms with E-state index in [1.54, 1.807) is 24.3 Å². The van der Waals surface area contributed by atoms with E-state index in [0.717, 1.165) is 12.8 Å². The van der Waals surface area contributed by atoms with Gasteiger partial charge in [0.25, 0.3) is 0 Å². The number of anilines is 1. The molecule has 0 bridgehead atoms. The fourth-order valence-electron chi connectivity index (χ4n) is 3.28. The molecule has 2 atom stereocenters. The molecule has 1 aromatic carbocycles. The van der Waals surface area contributed by atoms with Crippen LogP contribution in [0.1, 0.15) is 45.4 Å². The molecule has 3 amide bonds. The summed E-state index contributed by atoms with van der Waals surface area (Å²) in [6.07, 6.45) is 2.31. The van der Waals surface area contributed by atoms with Gasteiger partial charge in [0, 0.05) is 18.5 Å². The molecule has 2 rings (SSSR count). The SMILES string of the molecule is CCOc1ccc(NC(=O)CCC(=O)NNC(=O)[C@@H]2CCCC[C@@H]2C(=O)O)cc1. The highest BCUT2D eigenvalue weighted by atomic mass is 16.5. The molecule has 1 aromatic rings. The van der Waals surface area contributed by atoms with Gasteiger partial charge in [-0.2, -0.15) is 0 Å². The average molecular weight is 405 g/mol. The van der Waals surface area contributed by atoms with E-state index < -0.39 is 29.6 Å². The molecule has 0 unspecified atom stereocenters. The quantitative estimate of drug-likeness (QED) is 0.488. The molecule has 1 aliphatic carbocycles. The Labute approximate surface area is 169 Å². The second kappa shape index (κ2) is 11.0. The number of carbonyl (C=O) groups is 4. The number of amides is 3. The monoisotopic (exact) mass is 405 g/mol. The molecule has 0 spiro atoms. The van der Waals surface area contributed by atoms with Crippen LogP contribution in [0.3, 0.4) is 0 Å². The second-order valence-electron chi connectivity index (χ2n) is 6.88. The van der Waals surface area contributed by atoms with Crippen LogP contribution in [-0.2, 0) is 19.2 Å². The lowest BCUT2D eigenvalue weighted by Gasteiger charge is -2.27. The van der Waals surface area contributed by atoms with Crippen LogP contribution in [0.2, 0.25) is 0 Å². The van der Waals surface area contributed by atoms with Crippen molar-refractivity contribution in [3.05, 3.63) is 24.3 Å². The lowest BCUT2D eigenvalue weighted by molar-refractivity contribution is -0.149. The maximum atomic E-state index is 12.2. The molecule has 0 radical (unpaired) electrons. The van der Waals surface area contributed by atoms with Crippen LogP contribution in [0, 0.1) is 11.8 Å². The predicted octanol–water partition coefficient (Wildman–Crippen LogP) is 1.84. The summed E-state index contributed by atoms with van der Waals surface area (Å²) in [7, 11) is 0. The van der Waals surface area contributed by atoms with Gasteiger partial charge in [-0.15, -0.1) is 0 Å². The third kappa shape index (κ3) is 7.10. The highest BCUT2D eigenvalue weighted by molar-refractivity contribution is 5.93. The summed E-state index contributed by atoms with van der Waals surface area (Å²) < 4.78 is 5.32. The van der Waals surface area contributed by atoms with Gasteiger partial charge in [0.15, 0.2) is 0 Å². The normalized spacial score (nSPS) is 18.4. The number of carboxylic acid groups (broad SMARTS) is 1. The molecule has 29 heavy (non-hydrogen) atoms. The summed E-state index contributed by atoms with van der Waals surface area (Å²) in [6, 6.07) is 6.87. The van der Waals surface area contributed by atoms with Gasteiger partial charge in [0.1, 0.15) is 5.75 Å². The molecule has 1 saturated carbocycles. The smallest absolute Gasteiger partial charge is 0.307 e. The Balaban J connectivity index is 1.71. The molecule has 0 heterocycles. The zero-order chi connectivity index (χ0) is 21.2. The Morgan fingerprint density at radius 2 is 1.59 bits per heavy atom. The van der Waals surface area contributed by atoms with E-state index >= 15 is 0 Å². The summed E-state index contributed by atoms with van der Waals surface area (Å²) in [6.45, 7) is 2.43. The van der Waals surface area contributed by atoms with Crippen molar-refractivity contribution in [2.45, 2.75) is 45.4 Å². The summed E-state index contributed by atoms with van der Waals surface area (Å²) in [5, 5.41) is 11.9. The van der Waals surface area contributed by atoms with Crippen molar-refractivity contribution in [2.24, 2.45) is 11.8 Å². The van der Waals surface area contributed by atoms with Gasteiger partial charge in [-0.1, -0.05) is 12.8 Å². The number of hydrogen-bond acceptors (Lipinski definition) is 5. The molecule has 0 aliphatic heterocycles. The predicted molar refractivity (Wildman–Crippen MR) is 105 cm³/mol. The minimum absolute atomic E-state index is 0.0594. The van der Waals surface area contributed by atoms with Crippen LogP contribution < -0.4 is 20.9 Å². The summed E-state index contributed by atoms with van der Waals surface area (Å²) >= 11 is 0. The minimum Gasteiger partial charge on any atom is -0.494 e. The molecular formula is C20H27N3O6. The van der Waals surface area contributed by atoms with Gasteiger partial charge in [-0.3, -0.25) is 30.0 Å². The Kier molecular flexibility index (Phi) is 8.45. The van der Waals surface area contributed by atoms with Crippen molar-refractivity contribution in [1.82, 2.24) is 10.9 Å². The second-order valence-corrected chi connectivity index (χ2v) is 6.88. The number of hydrazine groups is 1. The summed E-state index contributed by atoms with van der Waals surface area (Å²) in [5.41, 5.74) is 5.12. The zero-order valence-electron chi connectivity index (χ0n) is 16.4. The van der Waals surface area contributed by atoms with Crippen LogP contribution in [0.15, 0.2) is 24.3 Å². The number of ether oxygens (including phenoxy) is 1. The van der Waals surface area contributed by atoms with E-state index in [9.17, 15) is 24.3 Å². The largest absolute Gasteiger partial charge is 0.494 e. The van der Waals surface area contributed by atoms with Gasteiger partial charge >= 0.3 is 5.97 Å². The lowest BCUT2D eigenvalue weighted by Crippen LogP contribution is -2.48. The third-order valence-electron chi connectivity index (χ3n) is 4.77. The molecule has 1 aliphatic rings. The molecule has 0 saturated heterocycles. The molecular weight excluding hydrogens is 378 g/mol. The average Bonchev–Trinajstić information content (AvgIpc) is 2.72. The molecule has 158 valence electrons. The van der Waals surface area contributed by atoms with Crippen LogP contribution >= 0.6 is 0 Å². The Morgan fingerprint density at radius 1 is 0.966 bits per heavy atom. The fraction of sp³-hybridized carbons (Fsp3) is 0.500. The number of carboxylic acids is 1. The molecule has 4 N–H and O–H groups in total. The van der Waals surface area contributed by atoms with E-state index in [1.165, 1.54) is 0 Å². The summed E-state index contributed by atoms with van der Waals surface area (Å²) in [4.78, 5) is 47.3. The van der Waals surface area contributed by atoms with Crippen molar-refractivity contribution in [3.63, 3.8) is 0 Å². The Bertz CT molecular complexity index is 734. The van der Waals surface area contributed by atoms with E-state index in [0.29, 0.717) is 30.9 Å². The number of carbonyl (C=O) groups excluding carboxylic acids is 3. The number of rotatable bonds is 8. The van der Waals surface area contributed by atoms with Crippen LogP contribution in [0.25, 0.3) is 0 Å². The fourth-order valence-corrected chi connectivity index (χ4v) is 3.28. The van der Waals surface area contributed by atoms with Crippen LogP contribution in [0.5, 0.6) is 5.75 Å². The molecule has 1 fully saturated rings. The third-order valence-corrected chi connectivity index (χ3v) is 4.77. The highest BCUT2D eigenvalue weighted by Crippen LogP contribution is 2.30. The van der Waals surface area contributed by atoms with Gasteiger partial charge in [0.05, 0.1) is 18.4 Å². The standard InChI is InChI=1S/C20H27N3O6/c1-2-29-14-9-7-13(8-10-14)21-17(24)11-12-18(25)22-23-19(26)15-5-3-4-6-16(15)20(27)28/h7-10,15-16H,2-6,11-12H2,1H3,(H,21,24)(H,22,25)(H,23,26)(H,27,28)/t15-,16+/m1/s1. The highest BCUT2D eigenvalue weighted by Gasteiger charge is 2.35. The van der Waals surface area contributed by atoms with Gasteiger partial charge in [0.2, 0.25) is 17.7 Å². The first kappa shape index (κ1) is 22.2. The van der Waals surface area contributed by atoms with E-state index in [2.05, 4.69) is 16.2 Å². The minimum atomic E-state index is -0.998. The zero-order valence-corrected chi connectivity index (χ0v) is 16.4. The molecule has 9 nitrogen and oxygen atoms in total. The Hall–Kier alpha value is -3.10. The van der Waals surface area contributed by atoms with Crippen molar-refractivity contribution < 1.29 is 29.0 Å². The number of hydrogen-bond donors (Lipinski definition) is 4. The lowest BCUT2D eigenvalue weighted by atomic mass is 9.79. The van der Waals surface area contributed by atoms with Crippen molar-refractivity contribution >= 4 is 29.4 Å². The number of benzene rings is 1. The maximum Gasteiger partial charge on any atom is 0.307 e. The van der Waals surface area contributed by atoms with Crippen molar-refractivity contribution in [2.75, 3.05) is 11.9 Å². The van der Waals surface area contributed by atoms with Crippen molar-refractivity contribution in [3.8, 4) is 5.75 Å². The van der Waals surface area contributed by atoms with Gasteiger partial charge in [-0.05, 0) is 44.0 Å².